The minimum Gasteiger partial charge on any atom is -0.493 e. The number of para-hydroxylation sites is 1. The van der Waals surface area contributed by atoms with Crippen LogP contribution in [0.4, 0.5) is 0 Å². The molecular weight excluding hydrogens is 308 g/mol. The molecule has 6 heteroatoms. The molecule has 0 saturated heterocycles. The van der Waals surface area contributed by atoms with E-state index in [1.165, 1.54) is 0 Å². The van der Waals surface area contributed by atoms with Crippen LogP contribution in [0, 0.1) is 6.92 Å². The van der Waals surface area contributed by atoms with Crippen LogP contribution in [0.25, 0.3) is 0 Å². The summed E-state index contributed by atoms with van der Waals surface area (Å²) in [6, 6.07) is 7.66. The van der Waals surface area contributed by atoms with Gasteiger partial charge in [0.05, 0.1) is 13.0 Å². The number of ether oxygens (including phenoxy) is 2. The molecule has 0 spiro atoms. The zero-order valence-corrected chi connectivity index (χ0v) is 14.8. The van der Waals surface area contributed by atoms with E-state index < -0.39 is 6.10 Å². The van der Waals surface area contributed by atoms with Crippen LogP contribution in [0.2, 0.25) is 0 Å². The van der Waals surface area contributed by atoms with Crippen molar-refractivity contribution in [2.24, 2.45) is 0 Å². The third-order valence-corrected chi connectivity index (χ3v) is 3.43. The van der Waals surface area contributed by atoms with E-state index in [1.54, 1.807) is 6.92 Å². The number of carbonyl (C=O) groups excluding carboxylic acids is 1. The van der Waals surface area contributed by atoms with E-state index in [4.69, 9.17) is 14.0 Å². The Morgan fingerprint density at radius 3 is 2.62 bits per heavy atom. The molecule has 1 atom stereocenters. The highest BCUT2D eigenvalue weighted by atomic mass is 16.6. The quantitative estimate of drug-likeness (QED) is 0.750. The molecular formula is C18H24N2O4. The predicted octanol–water partition coefficient (Wildman–Crippen LogP) is 3.75. The fraction of sp³-hybridized carbons (Fsp3) is 0.500. The van der Waals surface area contributed by atoms with E-state index in [1.807, 2.05) is 52.0 Å². The van der Waals surface area contributed by atoms with Gasteiger partial charge in [-0.2, -0.15) is 4.98 Å². The molecule has 0 aliphatic rings. The van der Waals surface area contributed by atoms with E-state index in [2.05, 4.69) is 10.1 Å². The average molecular weight is 332 g/mol. The van der Waals surface area contributed by atoms with Gasteiger partial charge in [-0.05, 0) is 25.5 Å². The molecule has 0 aliphatic heterocycles. The lowest BCUT2D eigenvalue weighted by Crippen LogP contribution is -2.15. The van der Waals surface area contributed by atoms with Crippen LogP contribution < -0.4 is 4.74 Å². The molecule has 130 valence electrons. The largest absolute Gasteiger partial charge is 0.493 e. The van der Waals surface area contributed by atoms with Crippen molar-refractivity contribution >= 4 is 5.97 Å². The smallest absolute Gasteiger partial charge is 0.310 e. The van der Waals surface area contributed by atoms with Gasteiger partial charge in [0.15, 0.2) is 11.9 Å². The van der Waals surface area contributed by atoms with Crippen molar-refractivity contribution in [2.75, 3.05) is 6.61 Å². The molecule has 1 aromatic carbocycles. The maximum atomic E-state index is 11.9. The second-order valence-corrected chi connectivity index (χ2v) is 6.70. The Kier molecular flexibility index (Phi) is 5.59. The number of aryl methyl sites for hydroxylation is 1. The lowest BCUT2D eigenvalue weighted by atomic mass is 9.96. The van der Waals surface area contributed by atoms with Crippen LogP contribution >= 0.6 is 0 Å². The summed E-state index contributed by atoms with van der Waals surface area (Å²) in [5.41, 5.74) is 0.812. The first kappa shape index (κ1) is 18.0. The summed E-state index contributed by atoms with van der Waals surface area (Å²) in [6.07, 6.45) is -0.432. The maximum Gasteiger partial charge on any atom is 0.310 e. The molecule has 1 unspecified atom stereocenters. The summed E-state index contributed by atoms with van der Waals surface area (Å²) in [5, 5.41) is 3.93. The molecule has 1 heterocycles. The van der Waals surface area contributed by atoms with Crippen molar-refractivity contribution < 1.29 is 18.8 Å². The van der Waals surface area contributed by atoms with Crippen LogP contribution in [-0.2, 0) is 14.9 Å². The summed E-state index contributed by atoms with van der Waals surface area (Å²) in [5.74, 6) is 1.29. The minimum atomic E-state index is -0.584. The molecule has 0 saturated carbocycles. The molecule has 24 heavy (non-hydrogen) atoms. The van der Waals surface area contributed by atoms with E-state index in [-0.39, 0.29) is 24.4 Å². The Labute approximate surface area is 142 Å². The van der Waals surface area contributed by atoms with Gasteiger partial charge in [0.1, 0.15) is 5.75 Å². The van der Waals surface area contributed by atoms with E-state index in [0.29, 0.717) is 11.7 Å². The normalized spacial score (nSPS) is 12.7. The highest BCUT2D eigenvalue weighted by molar-refractivity contribution is 5.69. The third kappa shape index (κ3) is 4.81. The SMILES string of the molecule is Cc1ccccc1OCCC(=O)OC(C)c1nc(C(C)(C)C)no1. The molecule has 0 radical (unpaired) electrons. The Morgan fingerprint density at radius 2 is 2.00 bits per heavy atom. The minimum absolute atomic E-state index is 0.152. The van der Waals surface area contributed by atoms with Crippen LogP contribution in [-0.4, -0.2) is 22.7 Å². The number of hydrogen-bond acceptors (Lipinski definition) is 6. The van der Waals surface area contributed by atoms with Crippen molar-refractivity contribution in [2.45, 2.75) is 52.6 Å². The van der Waals surface area contributed by atoms with Crippen molar-refractivity contribution in [1.82, 2.24) is 10.1 Å². The van der Waals surface area contributed by atoms with E-state index in [0.717, 1.165) is 11.3 Å². The Hall–Kier alpha value is -2.37. The standard InChI is InChI=1S/C18H24N2O4/c1-12-8-6-7-9-14(12)22-11-10-15(21)23-13(2)16-19-17(20-24-16)18(3,4)5/h6-9,13H,10-11H2,1-5H3. The second kappa shape index (κ2) is 7.47. The fourth-order valence-corrected chi connectivity index (χ4v) is 1.97. The number of rotatable bonds is 6. The number of nitrogens with zero attached hydrogens (tertiary/aromatic N) is 2. The van der Waals surface area contributed by atoms with Gasteiger partial charge < -0.3 is 14.0 Å². The summed E-state index contributed by atoms with van der Waals surface area (Å²) in [7, 11) is 0. The number of hydrogen-bond donors (Lipinski definition) is 0. The molecule has 6 nitrogen and oxygen atoms in total. The van der Waals surface area contributed by atoms with Crippen molar-refractivity contribution in [1.29, 1.82) is 0 Å². The van der Waals surface area contributed by atoms with Crippen molar-refractivity contribution in [3.8, 4) is 5.75 Å². The van der Waals surface area contributed by atoms with Gasteiger partial charge in [-0.1, -0.05) is 44.1 Å². The Bertz CT molecular complexity index is 688. The van der Waals surface area contributed by atoms with Gasteiger partial charge in [-0.15, -0.1) is 0 Å². The molecule has 2 rings (SSSR count). The molecule has 0 fully saturated rings. The van der Waals surface area contributed by atoms with Gasteiger partial charge in [0.2, 0.25) is 0 Å². The summed E-state index contributed by atoms with van der Waals surface area (Å²) in [6.45, 7) is 9.88. The number of benzene rings is 1. The van der Waals surface area contributed by atoms with Gasteiger partial charge in [-0.25, -0.2) is 0 Å². The van der Waals surface area contributed by atoms with Crippen LogP contribution in [0.5, 0.6) is 5.75 Å². The molecule has 0 aliphatic carbocycles. The second-order valence-electron chi connectivity index (χ2n) is 6.70. The number of esters is 1. The lowest BCUT2D eigenvalue weighted by molar-refractivity contribution is -0.150. The monoisotopic (exact) mass is 332 g/mol. The zero-order valence-electron chi connectivity index (χ0n) is 14.8. The average Bonchev–Trinajstić information content (AvgIpc) is 2.99. The van der Waals surface area contributed by atoms with Crippen LogP contribution in [0.3, 0.4) is 0 Å². The highest BCUT2D eigenvalue weighted by Gasteiger charge is 2.24. The third-order valence-electron chi connectivity index (χ3n) is 3.43. The van der Waals surface area contributed by atoms with Gasteiger partial charge in [0, 0.05) is 5.41 Å². The van der Waals surface area contributed by atoms with E-state index in [9.17, 15) is 4.79 Å². The van der Waals surface area contributed by atoms with Crippen molar-refractivity contribution in [3.63, 3.8) is 0 Å². The maximum absolute atomic E-state index is 11.9. The molecule has 0 N–H and O–H groups in total. The van der Waals surface area contributed by atoms with E-state index >= 15 is 0 Å². The summed E-state index contributed by atoms with van der Waals surface area (Å²) >= 11 is 0. The summed E-state index contributed by atoms with van der Waals surface area (Å²) in [4.78, 5) is 16.2. The van der Waals surface area contributed by atoms with Gasteiger partial charge >= 0.3 is 5.97 Å². The first-order valence-electron chi connectivity index (χ1n) is 7.99. The topological polar surface area (TPSA) is 74.5 Å². The highest BCUT2D eigenvalue weighted by Crippen LogP contribution is 2.22. The fourth-order valence-electron chi connectivity index (χ4n) is 1.97. The molecule has 1 aromatic heterocycles. The lowest BCUT2D eigenvalue weighted by Gasteiger charge is -2.12. The van der Waals surface area contributed by atoms with Crippen LogP contribution in [0.1, 0.15) is 57.5 Å². The first-order valence-corrected chi connectivity index (χ1v) is 7.99. The summed E-state index contributed by atoms with van der Waals surface area (Å²) < 4.78 is 16.1. The number of carbonyl (C=O) groups is 1. The molecule has 2 aromatic rings. The number of aromatic nitrogens is 2. The first-order chi connectivity index (χ1) is 11.3. The van der Waals surface area contributed by atoms with Gasteiger partial charge in [-0.3, -0.25) is 4.79 Å². The van der Waals surface area contributed by atoms with Crippen LogP contribution in [0.15, 0.2) is 28.8 Å². The molecule has 0 amide bonds. The van der Waals surface area contributed by atoms with Gasteiger partial charge in [0.25, 0.3) is 5.89 Å². The van der Waals surface area contributed by atoms with Crippen molar-refractivity contribution in [3.05, 3.63) is 41.5 Å². The Morgan fingerprint density at radius 1 is 1.29 bits per heavy atom. The zero-order chi connectivity index (χ0) is 17.7. The molecule has 0 bridgehead atoms. The Balaban J connectivity index is 1.81. The predicted molar refractivity (Wildman–Crippen MR) is 88.8 cm³/mol.